The van der Waals surface area contributed by atoms with Gasteiger partial charge in [0.25, 0.3) is 5.91 Å². The minimum atomic E-state index is -0.542. The van der Waals surface area contributed by atoms with Crippen molar-refractivity contribution in [3.8, 4) is 11.5 Å². The van der Waals surface area contributed by atoms with Gasteiger partial charge in [0.05, 0.1) is 16.5 Å². The molecule has 3 rings (SSSR count). The van der Waals surface area contributed by atoms with Gasteiger partial charge in [-0.05, 0) is 29.8 Å². The summed E-state index contributed by atoms with van der Waals surface area (Å²) in [6.45, 7) is -0.242. The highest BCUT2D eigenvalue weighted by molar-refractivity contribution is 6.42. The Balaban J connectivity index is 1.48. The summed E-state index contributed by atoms with van der Waals surface area (Å²) in [7, 11) is 0. The van der Waals surface area contributed by atoms with Crippen molar-refractivity contribution in [2.24, 2.45) is 0 Å². The molecule has 8 heteroatoms. The molecule has 0 unspecified atom stereocenters. The normalized spacial score (nSPS) is 11.9. The molecule has 1 aliphatic rings. The first-order valence-corrected chi connectivity index (χ1v) is 8.06. The maximum Gasteiger partial charge on any atom is 0.310 e. The van der Waals surface area contributed by atoms with Crippen LogP contribution in [-0.2, 0) is 20.7 Å². The number of nitrogens with one attached hydrogen (secondary N) is 1. The highest BCUT2D eigenvalue weighted by atomic mass is 35.5. The Bertz CT molecular complexity index is 825. The van der Waals surface area contributed by atoms with Crippen molar-refractivity contribution in [2.45, 2.75) is 6.42 Å². The minimum absolute atomic E-state index is 0.00576. The van der Waals surface area contributed by atoms with Gasteiger partial charge in [-0.25, -0.2) is 0 Å². The van der Waals surface area contributed by atoms with E-state index in [0.717, 1.165) is 0 Å². The number of halogens is 2. The van der Waals surface area contributed by atoms with Crippen molar-refractivity contribution in [1.82, 2.24) is 0 Å². The summed E-state index contributed by atoms with van der Waals surface area (Å²) in [6.07, 6.45) is -0.00576. The van der Waals surface area contributed by atoms with E-state index >= 15 is 0 Å². The first kappa shape index (κ1) is 17.4. The van der Waals surface area contributed by atoms with Crippen molar-refractivity contribution in [3.63, 3.8) is 0 Å². The van der Waals surface area contributed by atoms with Gasteiger partial charge in [0.1, 0.15) is 0 Å². The summed E-state index contributed by atoms with van der Waals surface area (Å²) in [4.78, 5) is 23.7. The second kappa shape index (κ2) is 7.63. The standard InChI is InChI=1S/C17H13Cl2NO5/c18-12-3-1-10(5-13(12)19)6-17(22)23-8-16(21)20-11-2-4-14-15(7-11)25-9-24-14/h1-5,7H,6,8-9H2,(H,20,21). The summed E-state index contributed by atoms with van der Waals surface area (Å²) >= 11 is 11.7. The molecule has 0 aromatic heterocycles. The van der Waals surface area contributed by atoms with E-state index in [2.05, 4.69) is 5.32 Å². The average molecular weight is 382 g/mol. The second-order valence-corrected chi connectivity index (χ2v) is 6.02. The van der Waals surface area contributed by atoms with E-state index in [1.54, 1.807) is 36.4 Å². The molecule has 6 nitrogen and oxygen atoms in total. The van der Waals surface area contributed by atoms with E-state index in [1.165, 1.54) is 0 Å². The van der Waals surface area contributed by atoms with Gasteiger partial charge in [0, 0.05) is 11.8 Å². The van der Waals surface area contributed by atoms with E-state index in [-0.39, 0.29) is 13.2 Å². The predicted octanol–water partition coefficient (Wildman–Crippen LogP) is 3.45. The Hall–Kier alpha value is -2.44. The van der Waals surface area contributed by atoms with Gasteiger partial charge in [-0.15, -0.1) is 0 Å². The van der Waals surface area contributed by atoms with E-state index in [9.17, 15) is 9.59 Å². The fourth-order valence-electron chi connectivity index (χ4n) is 2.18. The number of fused-ring (bicyclic) bond motifs is 1. The van der Waals surface area contributed by atoms with Crippen LogP contribution in [0.1, 0.15) is 5.56 Å². The molecule has 130 valence electrons. The number of carbonyl (C=O) groups excluding carboxylic acids is 2. The van der Waals surface area contributed by atoms with Crippen molar-refractivity contribution < 1.29 is 23.8 Å². The Kier molecular flexibility index (Phi) is 5.31. The number of benzene rings is 2. The zero-order chi connectivity index (χ0) is 17.8. The van der Waals surface area contributed by atoms with E-state index in [4.69, 9.17) is 37.4 Å². The number of amides is 1. The van der Waals surface area contributed by atoms with Crippen LogP contribution in [0.2, 0.25) is 10.0 Å². The summed E-state index contributed by atoms with van der Waals surface area (Å²) in [5, 5.41) is 3.38. The van der Waals surface area contributed by atoms with Crippen LogP contribution in [0.4, 0.5) is 5.69 Å². The third-order valence-electron chi connectivity index (χ3n) is 3.35. The lowest BCUT2D eigenvalue weighted by atomic mass is 10.1. The fraction of sp³-hybridized carbons (Fsp3) is 0.176. The molecule has 25 heavy (non-hydrogen) atoms. The molecule has 1 N–H and O–H groups in total. The Morgan fingerprint density at radius 2 is 1.84 bits per heavy atom. The van der Waals surface area contributed by atoms with E-state index in [1.807, 2.05) is 0 Å². The first-order chi connectivity index (χ1) is 12.0. The van der Waals surface area contributed by atoms with Crippen LogP contribution in [0.3, 0.4) is 0 Å². The molecule has 0 spiro atoms. The number of carbonyl (C=O) groups is 2. The molecule has 1 amide bonds. The van der Waals surface area contributed by atoms with Crippen LogP contribution in [0, 0.1) is 0 Å². The largest absolute Gasteiger partial charge is 0.455 e. The van der Waals surface area contributed by atoms with Crippen molar-refractivity contribution in [2.75, 3.05) is 18.7 Å². The molecule has 2 aromatic carbocycles. The van der Waals surface area contributed by atoms with Crippen molar-refractivity contribution in [3.05, 3.63) is 52.0 Å². The summed E-state index contributed by atoms with van der Waals surface area (Å²) in [5.41, 5.74) is 1.17. The van der Waals surface area contributed by atoms with E-state index in [0.29, 0.717) is 32.8 Å². The molecule has 0 aliphatic carbocycles. The SMILES string of the molecule is O=C(COC(=O)Cc1ccc(Cl)c(Cl)c1)Nc1ccc2c(c1)OCO2. The van der Waals surface area contributed by atoms with Gasteiger partial charge in [0.2, 0.25) is 6.79 Å². The summed E-state index contributed by atoms with van der Waals surface area (Å²) < 4.78 is 15.4. The Labute approximate surface area is 153 Å². The molecule has 1 aliphatic heterocycles. The molecule has 0 atom stereocenters. The molecular formula is C17H13Cl2NO5. The fourth-order valence-corrected chi connectivity index (χ4v) is 2.51. The van der Waals surface area contributed by atoms with Crippen LogP contribution >= 0.6 is 23.2 Å². The van der Waals surface area contributed by atoms with Crippen LogP contribution in [-0.4, -0.2) is 25.3 Å². The lowest BCUT2D eigenvalue weighted by Crippen LogP contribution is -2.21. The maximum absolute atomic E-state index is 11.9. The number of ether oxygens (including phenoxy) is 3. The molecular weight excluding hydrogens is 369 g/mol. The molecule has 2 aromatic rings. The molecule has 1 heterocycles. The molecule has 0 saturated heterocycles. The highest BCUT2D eigenvalue weighted by Crippen LogP contribution is 2.34. The topological polar surface area (TPSA) is 73.9 Å². The minimum Gasteiger partial charge on any atom is -0.455 e. The second-order valence-electron chi connectivity index (χ2n) is 5.20. The van der Waals surface area contributed by atoms with Crippen LogP contribution in [0.5, 0.6) is 11.5 Å². The quantitative estimate of drug-likeness (QED) is 0.802. The average Bonchev–Trinajstić information content (AvgIpc) is 3.04. The lowest BCUT2D eigenvalue weighted by molar-refractivity contribution is -0.146. The number of anilines is 1. The van der Waals surface area contributed by atoms with Gasteiger partial charge >= 0.3 is 5.97 Å². The van der Waals surface area contributed by atoms with Gasteiger partial charge in [-0.3, -0.25) is 9.59 Å². The zero-order valence-electron chi connectivity index (χ0n) is 12.9. The first-order valence-electron chi connectivity index (χ1n) is 7.30. The molecule has 0 bridgehead atoms. The highest BCUT2D eigenvalue weighted by Gasteiger charge is 2.15. The summed E-state index contributed by atoms with van der Waals surface area (Å²) in [6, 6.07) is 9.84. The number of esters is 1. The lowest BCUT2D eigenvalue weighted by Gasteiger charge is -2.08. The maximum atomic E-state index is 11.9. The Morgan fingerprint density at radius 3 is 2.64 bits per heavy atom. The summed E-state index contributed by atoms with van der Waals surface area (Å²) in [5.74, 6) is 0.168. The monoisotopic (exact) mass is 381 g/mol. The third-order valence-corrected chi connectivity index (χ3v) is 4.09. The molecule has 0 saturated carbocycles. The van der Waals surface area contributed by atoms with E-state index < -0.39 is 18.5 Å². The number of hydrogen-bond donors (Lipinski definition) is 1. The van der Waals surface area contributed by atoms with Crippen LogP contribution in [0.15, 0.2) is 36.4 Å². The van der Waals surface area contributed by atoms with Crippen molar-refractivity contribution in [1.29, 1.82) is 0 Å². The smallest absolute Gasteiger partial charge is 0.310 e. The third kappa shape index (κ3) is 4.55. The number of hydrogen-bond acceptors (Lipinski definition) is 5. The number of rotatable bonds is 5. The van der Waals surface area contributed by atoms with Crippen molar-refractivity contribution >= 4 is 40.8 Å². The van der Waals surface area contributed by atoms with Gasteiger partial charge in [0.15, 0.2) is 18.1 Å². The predicted molar refractivity (Wildman–Crippen MR) is 92.3 cm³/mol. The van der Waals surface area contributed by atoms with Crippen LogP contribution < -0.4 is 14.8 Å². The zero-order valence-corrected chi connectivity index (χ0v) is 14.4. The van der Waals surface area contributed by atoms with Gasteiger partial charge in [-0.1, -0.05) is 29.3 Å². The molecule has 0 radical (unpaired) electrons. The Morgan fingerprint density at radius 1 is 1.04 bits per heavy atom. The van der Waals surface area contributed by atoms with Gasteiger partial charge in [-0.2, -0.15) is 0 Å². The van der Waals surface area contributed by atoms with Gasteiger partial charge < -0.3 is 19.5 Å². The van der Waals surface area contributed by atoms with Crippen LogP contribution in [0.25, 0.3) is 0 Å². The molecule has 0 fully saturated rings.